The van der Waals surface area contributed by atoms with Crippen LogP contribution in [0.15, 0.2) is 12.7 Å². The van der Waals surface area contributed by atoms with E-state index in [9.17, 15) is 4.79 Å². The maximum atomic E-state index is 12.2. The van der Waals surface area contributed by atoms with E-state index in [4.69, 9.17) is 0 Å². The number of nitrogens with zero attached hydrogens (tertiary/aromatic N) is 3. The average molecular weight is 252 g/mol. The van der Waals surface area contributed by atoms with Gasteiger partial charge in [0, 0.05) is 58.9 Å². The Labute approximate surface area is 109 Å². The Kier molecular flexibility index (Phi) is 5.16. The van der Waals surface area contributed by atoms with Gasteiger partial charge in [-0.2, -0.15) is 0 Å². The van der Waals surface area contributed by atoms with Crippen molar-refractivity contribution >= 4 is 5.91 Å². The van der Waals surface area contributed by atoms with Gasteiger partial charge in [-0.05, 0) is 0 Å². The molecule has 0 aromatic carbocycles. The Hall–Kier alpha value is -0.910. The highest BCUT2D eigenvalue weighted by molar-refractivity contribution is 5.78. The molecular weight excluding hydrogens is 228 g/mol. The van der Waals surface area contributed by atoms with Crippen LogP contribution in [0, 0.1) is 0 Å². The number of carbonyl (C=O) groups is 1. The summed E-state index contributed by atoms with van der Waals surface area (Å²) in [5.74, 6) is 0.287. The smallest absolute Gasteiger partial charge is 0.236 e. The zero-order chi connectivity index (χ0) is 12.8. The van der Waals surface area contributed by atoms with Gasteiger partial charge < -0.3 is 10.2 Å². The zero-order valence-electron chi connectivity index (χ0n) is 11.1. The van der Waals surface area contributed by atoms with Gasteiger partial charge in [0.25, 0.3) is 0 Å². The summed E-state index contributed by atoms with van der Waals surface area (Å²) >= 11 is 0. The first kappa shape index (κ1) is 13.5. The molecule has 2 aliphatic rings. The molecule has 1 N–H and O–H groups in total. The standard InChI is InChI=1S/C13H24N4O/c1-2-5-15-8-10-17(11-9-15)13(18)12-16-6-3-14-4-7-16/h2,14H,1,3-12H2. The van der Waals surface area contributed by atoms with E-state index in [0.717, 1.165) is 58.9 Å². The number of rotatable bonds is 4. The molecule has 2 rings (SSSR count). The third kappa shape index (κ3) is 3.80. The molecule has 18 heavy (non-hydrogen) atoms. The van der Waals surface area contributed by atoms with Gasteiger partial charge in [-0.15, -0.1) is 6.58 Å². The second-order valence-electron chi connectivity index (χ2n) is 5.00. The predicted octanol–water partition coefficient (Wildman–Crippen LogP) is -0.778. The van der Waals surface area contributed by atoms with Crippen molar-refractivity contribution in [2.45, 2.75) is 0 Å². The fourth-order valence-corrected chi connectivity index (χ4v) is 2.52. The average Bonchev–Trinajstić information content (AvgIpc) is 2.41. The molecule has 5 heteroatoms. The van der Waals surface area contributed by atoms with Crippen molar-refractivity contribution in [2.75, 3.05) is 65.4 Å². The van der Waals surface area contributed by atoms with Crippen molar-refractivity contribution in [1.82, 2.24) is 20.0 Å². The lowest BCUT2D eigenvalue weighted by atomic mass is 10.3. The van der Waals surface area contributed by atoms with Crippen LogP contribution in [0.3, 0.4) is 0 Å². The first-order valence-electron chi connectivity index (χ1n) is 6.83. The summed E-state index contributed by atoms with van der Waals surface area (Å²) < 4.78 is 0. The number of amides is 1. The van der Waals surface area contributed by atoms with Gasteiger partial charge in [0.1, 0.15) is 0 Å². The van der Waals surface area contributed by atoms with Crippen molar-refractivity contribution in [2.24, 2.45) is 0 Å². The van der Waals surface area contributed by atoms with Crippen LogP contribution in [-0.4, -0.2) is 86.1 Å². The van der Waals surface area contributed by atoms with Gasteiger partial charge in [0.05, 0.1) is 6.54 Å². The van der Waals surface area contributed by atoms with Crippen LogP contribution in [0.1, 0.15) is 0 Å². The quantitative estimate of drug-likeness (QED) is 0.666. The molecule has 0 saturated carbocycles. The number of nitrogens with one attached hydrogen (secondary N) is 1. The van der Waals surface area contributed by atoms with Gasteiger partial charge in [-0.25, -0.2) is 0 Å². The summed E-state index contributed by atoms with van der Waals surface area (Å²) in [4.78, 5) is 18.7. The molecule has 102 valence electrons. The Morgan fingerprint density at radius 3 is 2.33 bits per heavy atom. The minimum atomic E-state index is 0.287. The number of hydrogen-bond donors (Lipinski definition) is 1. The molecule has 0 aliphatic carbocycles. The van der Waals surface area contributed by atoms with Crippen LogP contribution in [0.5, 0.6) is 0 Å². The normalized spacial score (nSPS) is 23.0. The van der Waals surface area contributed by atoms with Gasteiger partial charge in [-0.1, -0.05) is 6.08 Å². The summed E-state index contributed by atoms with van der Waals surface area (Å²) in [7, 11) is 0. The highest BCUT2D eigenvalue weighted by Gasteiger charge is 2.22. The maximum absolute atomic E-state index is 12.2. The molecule has 2 saturated heterocycles. The maximum Gasteiger partial charge on any atom is 0.236 e. The molecule has 2 heterocycles. The molecule has 2 aliphatic heterocycles. The topological polar surface area (TPSA) is 38.8 Å². The highest BCUT2D eigenvalue weighted by atomic mass is 16.2. The lowest BCUT2D eigenvalue weighted by Gasteiger charge is -2.36. The minimum Gasteiger partial charge on any atom is -0.339 e. The largest absolute Gasteiger partial charge is 0.339 e. The highest BCUT2D eigenvalue weighted by Crippen LogP contribution is 2.03. The van der Waals surface area contributed by atoms with E-state index in [1.165, 1.54) is 0 Å². The van der Waals surface area contributed by atoms with Crippen molar-refractivity contribution < 1.29 is 4.79 Å². The molecule has 0 aromatic heterocycles. The summed E-state index contributed by atoms with van der Waals surface area (Å²) in [6.45, 7) is 12.9. The predicted molar refractivity (Wildman–Crippen MR) is 72.5 cm³/mol. The monoisotopic (exact) mass is 252 g/mol. The van der Waals surface area contributed by atoms with Crippen LogP contribution in [0.2, 0.25) is 0 Å². The third-order valence-electron chi connectivity index (χ3n) is 3.68. The van der Waals surface area contributed by atoms with Crippen LogP contribution >= 0.6 is 0 Å². The van der Waals surface area contributed by atoms with Gasteiger partial charge in [-0.3, -0.25) is 14.6 Å². The van der Waals surface area contributed by atoms with E-state index in [-0.39, 0.29) is 5.91 Å². The Balaban J connectivity index is 1.71. The second-order valence-corrected chi connectivity index (χ2v) is 5.00. The molecule has 0 unspecified atom stereocenters. The Bertz CT molecular complexity index is 281. The molecule has 2 fully saturated rings. The summed E-state index contributed by atoms with van der Waals surface area (Å²) in [6, 6.07) is 0. The van der Waals surface area contributed by atoms with Crippen LogP contribution in [0.4, 0.5) is 0 Å². The van der Waals surface area contributed by atoms with Gasteiger partial charge >= 0.3 is 0 Å². The van der Waals surface area contributed by atoms with E-state index in [1.54, 1.807) is 0 Å². The summed E-state index contributed by atoms with van der Waals surface area (Å²) in [5, 5.41) is 3.30. The van der Waals surface area contributed by atoms with E-state index in [2.05, 4.69) is 21.7 Å². The van der Waals surface area contributed by atoms with E-state index < -0.39 is 0 Å². The number of hydrogen-bond acceptors (Lipinski definition) is 4. The van der Waals surface area contributed by atoms with Crippen molar-refractivity contribution in [3.05, 3.63) is 12.7 Å². The minimum absolute atomic E-state index is 0.287. The lowest BCUT2D eigenvalue weighted by Crippen LogP contribution is -2.53. The number of piperazine rings is 2. The Morgan fingerprint density at radius 1 is 1.06 bits per heavy atom. The Morgan fingerprint density at radius 2 is 1.72 bits per heavy atom. The molecule has 5 nitrogen and oxygen atoms in total. The van der Waals surface area contributed by atoms with Crippen molar-refractivity contribution in [3.63, 3.8) is 0 Å². The van der Waals surface area contributed by atoms with E-state index in [0.29, 0.717) is 6.54 Å². The van der Waals surface area contributed by atoms with Gasteiger partial charge in [0.2, 0.25) is 5.91 Å². The second kappa shape index (κ2) is 6.87. The van der Waals surface area contributed by atoms with E-state index >= 15 is 0 Å². The fraction of sp³-hybridized carbons (Fsp3) is 0.769. The third-order valence-corrected chi connectivity index (χ3v) is 3.68. The SMILES string of the molecule is C=CCN1CCN(C(=O)CN2CCNCC2)CC1. The molecule has 0 spiro atoms. The van der Waals surface area contributed by atoms with Crippen LogP contribution in [0.25, 0.3) is 0 Å². The fourth-order valence-electron chi connectivity index (χ4n) is 2.52. The molecule has 0 aromatic rings. The lowest BCUT2D eigenvalue weighted by molar-refractivity contribution is -0.134. The van der Waals surface area contributed by atoms with E-state index in [1.807, 2.05) is 11.0 Å². The van der Waals surface area contributed by atoms with Crippen LogP contribution in [-0.2, 0) is 4.79 Å². The van der Waals surface area contributed by atoms with Crippen molar-refractivity contribution in [3.8, 4) is 0 Å². The van der Waals surface area contributed by atoms with Crippen molar-refractivity contribution in [1.29, 1.82) is 0 Å². The molecular formula is C13H24N4O. The van der Waals surface area contributed by atoms with Crippen LogP contribution < -0.4 is 5.32 Å². The first-order valence-corrected chi connectivity index (χ1v) is 6.83. The zero-order valence-corrected chi connectivity index (χ0v) is 11.1. The first-order chi connectivity index (χ1) is 8.79. The number of carbonyl (C=O) groups excluding carboxylic acids is 1. The van der Waals surface area contributed by atoms with Gasteiger partial charge in [0.15, 0.2) is 0 Å². The molecule has 0 atom stereocenters. The molecule has 0 bridgehead atoms. The molecule has 1 amide bonds. The summed E-state index contributed by atoms with van der Waals surface area (Å²) in [5.41, 5.74) is 0. The summed E-state index contributed by atoms with van der Waals surface area (Å²) in [6.07, 6.45) is 1.93. The molecule has 0 radical (unpaired) electrons.